The van der Waals surface area contributed by atoms with Crippen LogP contribution in [0.25, 0.3) is 0 Å². The third-order valence-corrected chi connectivity index (χ3v) is 4.31. The van der Waals surface area contributed by atoms with E-state index in [0.29, 0.717) is 6.04 Å². The summed E-state index contributed by atoms with van der Waals surface area (Å²) in [5.74, 6) is 0. The van der Waals surface area contributed by atoms with E-state index in [-0.39, 0.29) is 0 Å². The van der Waals surface area contributed by atoms with Crippen LogP contribution in [0.15, 0.2) is 41.0 Å². The number of fused-ring (bicyclic) bond motifs is 1. The van der Waals surface area contributed by atoms with Crippen LogP contribution in [0.4, 0.5) is 0 Å². The van der Waals surface area contributed by atoms with E-state index in [1.165, 1.54) is 16.7 Å². The largest absolute Gasteiger partial charge is 0.309 e. The van der Waals surface area contributed by atoms with Crippen molar-refractivity contribution < 1.29 is 0 Å². The molecule has 2 aromatic rings. The van der Waals surface area contributed by atoms with Crippen molar-refractivity contribution in [3.63, 3.8) is 0 Å². The molecule has 98 valence electrons. The quantitative estimate of drug-likeness (QED) is 0.859. The maximum atomic E-state index is 4.47. The second-order valence-electron chi connectivity index (χ2n) is 5.16. The Morgan fingerprint density at radius 3 is 2.89 bits per heavy atom. The minimum Gasteiger partial charge on any atom is -0.309 e. The summed E-state index contributed by atoms with van der Waals surface area (Å²) < 4.78 is 0.994. The van der Waals surface area contributed by atoms with Gasteiger partial charge in [-0.3, -0.25) is 0 Å². The molecule has 2 nitrogen and oxygen atoms in total. The van der Waals surface area contributed by atoms with Crippen molar-refractivity contribution in [1.82, 2.24) is 10.3 Å². The summed E-state index contributed by atoms with van der Waals surface area (Å²) in [5, 5.41) is 3.61. The Kier molecular flexibility index (Phi) is 3.67. The van der Waals surface area contributed by atoms with Crippen LogP contribution in [0.5, 0.6) is 0 Å². The van der Waals surface area contributed by atoms with Crippen molar-refractivity contribution in [2.75, 3.05) is 0 Å². The first-order valence-electron chi connectivity index (χ1n) is 6.64. The van der Waals surface area contributed by atoms with Crippen LogP contribution in [0, 0.1) is 6.92 Å². The van der Waals surface area contributed by atoms with Crippen molar-refractivity contribution in [1.29, 1.82) is 0 Å². The van der Waals surface area contributed by atoms with Crippen LogP contribution in [-0.2, 0) is 19.4 Å². The number of nitrogens with zero attached hydrogens (tertiary/aromatic N) is 1. The number of pyridine rings is 1. The molecule has 3 heteroatoms. The molecule has 0 saturated carbocycles. The van der Waals surface area contributed by atoms with E-state index in [1.54, 1.807) is 0 Å². The molecule has 1 aliphatic rings. The van der Waals surface area contributed by atoms with Crippen LogP contribution in [-0.4, -0.2) is 11.0 Å². The van der Waals surface area contributed by atoms with Crippen LogP contribution in [0.3, 0.4) is 0 Å². The smallest absolute Gasteiger partial charge is 0.111 e. The van der Waals surface area contributed by atoms with Gasteiger partial charge in [-0.15, -0.1) is 0 Å². The van der Waals surface area contributed by atoms with E-state index in [2.05, 4.69) is 69.6 Å². The average molecular weight is 317 g/mol. The molecule has 0 bridgehead atoms. The van der Waals surface area contributed by atoms with Crippen molar-refractivity contribution in [3.8, 4) is 0 Å². The molecule has 0 saturated heterocycles. The zero-order valence-electron chi connectivity index (χ0n) is 11.0. The Labute approximate surface area is 122 Å². The number of aryl methyl sites for hydroxylation is 1. The number of halogens is 1. The van der Waals surface area contributed by atoms with Crippen molar-refractivity contribution in [2.24, 2.45) is 0 Å². The highest BCUT2D eigenvalue weighted by molar-refractivity contribution is 9.10. The van der Waals surface area contributed by atoms with Crippen molar-refractivity contribution >= 4 is 15.9 Å². The van der Waals surface area contributed by atoms with Crippen LogP contribution in [0.2, 0.25) is 0 Å². The topological polar surface area (TPSA) is 24.9 Å². The number of benzene rings is 1. The molecule has 1 unspecified atom stereocenters. The van der Waals surface area contributed by atoms with E-state index < -0.39 is 0 Å². The molecule has 3 rings (SSSR count). The predicted octanol–water partition coefficient (Wildman–Crippen LogP) is 3.41. The SMILES string of the molecule is Cc1cc2c(c(Br)n1)CNC(Cc1ccccc1)C2. The first-order valence-corrected chi connectivity index (χ1v) is 7.44. The molecule has 2 heterocycles. The first kappa shape index (κ1) is 12.8. The summed E-state index contributed by atoms with van der Waals surface area (Å²) in [4.78, 5) is 4.47. The summed E-state index contributed by atoms with van der Waals surface area (Å²) in [6.07, 6.45) is 2.16. The molecule has 19 heavy (non-hydrogen) atoms. The molecule has 1 aromatic heterocycles. The van der Waals surface area contributed by atoms with Gasteiger partial charge in [0.1, 0.15) is 4.60 Å². The fourth-order valence-electron chi connectivity index (χ4n) is 2.72. The maximum Gasteiger partial charge on any atom is 0.111 e. The molecule has 1 aliphatic heterocycles. The molecule has 0 radical (unpaired) electrons. The van der Waals surface area contributed by atoms with Gasteiger partial charge in [0.15, 0.2) is 0 Å². The van der Waals surface area contributed by atoms with E-state index in [4.69, 9.17) is 0 Å². The van der Waals surface area contributed by atoms with Gasteiger partial charge in [-0.1, -0.05) is 30.3 Å². The lowest BCUT2D eigenvalue weighted by molar-refractivity contribution is 0.474. The molecule has 1 N–H and O–H groups in total. The number of rotatable bonds is 2. The molecular weight excluding hydrogens is 300 g/mol. The van der Waals surface area contributed by atoms with E-state index >= 15 is 0 Å². The Morgan fingerprint density at radius 2 is 2.11 bits per heavy atom. The number of hydrogen-bond donors (Lipinski definition) is 1. The highest BCUT2D eigenvalue weighted by atomic mass is 79.9. The third-order valence-electron chi connectivity index (χ3n) is 3.65. The lowest BCUT2D eigenvalue weighted by atomic mass is 9.93. The van der Waals surface area contributed by atoms with Gasteiger partial charge >= 0.3 is 0 Å². The van der Waals surface area contributed by atoms with Gasteiger partial charge in [0.25, 0.3) is 0 Å². The van der Waals surface area contributed by atoms with Gasteiger partial charge in [0, 0.05) is 23.8 Å². The van der Waals surface area contributed by atoms with E-state index in [1.807, 2.05) is 0 Å². The lowest BCUT2D eigenvalue weighted by Crippen LogP contribution is -2.37. The summed E-state index contributed by atoms with van der Waals surface area (Å²) in [5.41, 5.74) is 5.23. The number of nitrogens with one attached hydrogen (secondary N) is 1. The monoisotopic (exact) mass is 316 g/mol. The standard InChI is InChI=1S/C16H17BrN2/c1-11-7-13-9-14(8-12-5-3-2-4-6-12)18-10-15(13)16(17)19-11/h2-7,14,18H,8-10H2,1H3. The lowest BCUT2D eigenvalue weighted by Gasteiger charge is -2.27. The summed E-state index contributed by atoms with van der Waals surface area (Å²) in [6.45, 7) is 2.96. The minimum atomic E-state index is 0.517. The summed E-state index contributed by atoms with van der Waals surface area (Å²) >= 11 is 3.57. The van der Waals surface area contributed by atoms with Crippen LogP contribution >= 0.6 is 15.9 Å². The molecule has 1 aromatic carbocycles. The summed E-state index contributed by atoms with van der Waals surface area (Å²) in [6, 6.07) is 13.4. The maximum absolute atomic E-state index is 4.47. The van der Waals surface area contributed by atoms with Gasteiger partial charge in [-0.25, -0.2) is 4.98 Å². The fourth-order valence-corrected chi connectivity index (χ4v) is 3.40. The summed E-state index contributed by atoms with van der Waals surface area (Å²) in [7, 11) is 0. The van der Waals surface area contributed by atoms with Gasteiger partial charge in [-0.2, -0.15) is 0 Å². The minimum absolute atomic E-state index is 0.517. The number of hydrogen-bond acceptors (Lipinski definition) is 2. The van der Waals surface area contributed by atoms with Gasteiger partial charge < -0.3 is 5.32 Å². The Hall–Kier alpha value is -1.19. The highest BCUT2D eigenvalue weighted by Gasteiger charge is 2.20. The average Bonchev–Trinajstić information content (AvgIpc) is 2.39. The molecule has 1 atom stereocenters. The molecule has 0 aliphatic carbocycles. The Bertz CT molecular complexity index is 581. The normalized spacial score (nSPS) is 18.1. The number of aromatic nitrogens is 1. The van der Waals surface area contributed by atoms with Crippen LogP contribution in [0.1, 0.15) is 22.4 Å². The fraction of sp³-hybridized carbons (Fsp3) is 0.312. The zero-order chi connectivity index (χ0) is 13.2. The van der Waals surface area contributed by atoms with E-state index in [0.717, 1.165) is 29.7 Å². The molecule has 0 amide bonds. The van der Waals surface area contributed by atoms with Crippen molar-refractivity contribution in [3.05, 3.63) is 63.4 Å². The van der Waals surface area contributed by atoms with Gasteiger partial charge in [0.2, 0.25) is 0 Å². The van der Waals surface area contributed by atoms with Crippen LogP contribution < -0.4 is 5.32 Å². The first-order chi connectivity index (χ1) is 9.22. The van der Waals surface area contributed by atoms with Crippen molar-refractivity contribution in [2.45, 2.75) is 32.4 Å². The Balaban J connectivity index is 1.79. The zero-order valence-corrected chi connectivity index (χ0v) is 12.6. The molecule has 0 fully saturated rings. The molecular formula is C16H17BrN2. The second kappa shape index (κ2) is 5.43. The van der Waals surface area contributed by atoms with Gasteiger partial charge in [0.05, 0.1) is 0 Å². The third kappa shape index (κ3) is 2.88. The Morgan fingerprint density at radius 1 is 1.32 bits per heavy atom. The predicted molar refractivity (Wildman–Crippen MR) is 81.2 cm³/mol. The van der Waals surface area contributed by atoms with E-state index in [9.17, 15) is 0 Å². The molecule has 0 spiro atoms. The second-order valence-corrected chi connectivity index (χ2v) is 5.91. The van der Waals surface area contributed by atoms with Gasteiger partial charge in [-0.05, 0) is 52.9 Å². The highest BCUT2D eigenvalue weighted by Crippen LogP contribution is 2.25.